The first-order chi connectivity index (χ1) is 16.7. The van der Waals surface area contributed by atoms with Gasteiger partial charge in [-0.1, -0.05) is 17.7 Å². The lowest BCUT2D eigenvalue weighted by Gasteiger charge is -2.30. The zero-order valence-corrected chi connectivity index (χ0v) is 20.2. The molecule has 1 saturated heterocycles. The highest BCUT2D eigenvalue weighted by Crippen LogP contribution is 2.48. The van der Waals surface area contributed by atoms with Gasteiger partial charge in [-0.3, -0.25) is 4.57 Å². The van der Waals surface area contributed by atoms with E-state index < -0.39 is 29.4 Å². The molecule has 12 heteroatoms. The van der Waals surface area contributed by atoms with Crippen LogP contribution in [0.15, 0.2) is 34.0 Å². The second kappa shape index (κ2) is 9.27. The number of hydrogen-bond donors (Lipinski definition) is 1. The fourth-order valence-electron chi connectivity index (χ4n) is 4.56. The molecule has 0 bridgehead atoms. The summed E-state index contributed by atoms with van der Waals surface area (Å²) in [7, 11) is 1.49. The summed E-state index contributed by atoms with van der Waals surface area (Å²) in [5, 5.41) is 3.15. The number of anilines is 1. The number of nitrogens with one attached hydrogen (secondary N) is 1. The normalized spacial score (nSPS) is 18.7. The van der Waals surface area contributed by atoms with Gasteiger partial charge in [-0.15, -0.1) is 11.8 Å². The molecule has 1 N–H and O–H groups in total. The van der Waals surface area contributed by atoms with Crippen LogP contribution in [0.2, 0.25) is 5.02 Å². The summed E-state index contributed by atoms with van der Waals surface area (Å²) in [5.74, 6) is -0.182. The summed E-state index contributed by atoms with van der Waals surface area (Å²) < 4.78 is 64.3. The lowest BCUT2D eigenvalue weighted by molar-refractivity contribution is -0.137. The Morgan fingerprint density at radius 1 is 1.23 bits per heavy atom. The topological polar surface area (TPSA) is 59.4 Å². The molecule has 5 rings (SSSR count). The molecular weight excluding hydrogens is 508 g/mol. The number of halogens is 5. The number of alkyl halides is 3. The molecule has 1 unspecified atom stereocenters. The van der Waals surface area contributed by atoms with Crippen molar-refractivity contribution < 1.29 is 22.3 Å². The molecule has 0 radical (unpaired) electrons. The van der Waals surface area contributed by atoms with Crippen LogP contribution in [0.25, 0.3) is 22.0 Å². The molecule has 2 aliphatic heterocycles. The Hall–Kier alpha value is -2.34. The third-order valence-electron chi connectivity index (χ3n) is 6.26. The maximum Gasteiger partial charge on any atom is 0.417 e. The van der Waals surface area contributed by atoms with Crippen molar-refractivity contribution >= 4 is 40.1 Å². The van der Waals surface area contributed by atoms with Gasteiger partial charge in [-0.2, -0.15) is 18.2 Å². The van der Waals surface area contributed by atoms with Crippen LogP contribution in [0.3, 0.4) is 0 Å². The molecule has 3 heterocycles. The van der Waals surface area contributed by atoms with Crippen molar-refractivity contribution in [2.75, 3.05) is 43.9 Å². The van der Waals surface area contributed by atoms with Crippen molar-refractivity contribution in [3.05, 3.63) is 51.2 Å². The highest BCUT2D eigenvalue weighted by molar-refractivity contribution is 7.99. The number of ether oxygens (including phenoxy) is 1. The lowest BCUT2D eigenvalue weighted by Crippen LogP contribution is -2.45. The maximum atomic E-state index is 14.5. The molecular formula is C23H21ClF4N4O2S. The number of piperazine rings is 1. The fourth-order valence-corrected chi connectivity index (χ4v) is 6.06. The van der Waals surface area contributed by atoms with Crippen LogP contribution >= 0.6 is 23.4 Å². The van der Waals surface area contributed by atoms with Crippen LogP contribution in [0.5, 0.6) is 0 Å². The average molecular weight is 529 g/mol. The second-order valence-corrected chi connectivity index (χ2v) is 9.82. The fraction of sp³-hybridized carbons (Fsp3) is 0.391. The molecule has 0 amide bonds. The van der Waals surface area contributed by atoms with E-state index in [-0.39, 0.29) is 38.8 Å². The minimum atomic E-state index is -4.73. The van der Waals surface area contributed by atoms with E-state index >= 15 is 0 Å². The summed E-state index contributed by atoms with van der Waals surface area (Å²) in [4.78, 5) is 19.5. The molecule has 186 valence electrons. The molecule has 1 atom stereocenters. The quantitative estimate of drug-likeness (QED) is 0.508. The number of thioether (sulfide) groups is 1. The number of benzene rings is 2. The molecule has 2 aromatic carbocycles. The Labute approximate surface area is 207 Å². The largest absolute Gasteiger partial charge is 0.417 e. The van der Waals surface area contributed by atoms with Gasteiger partial charge in [0.1, 0.15) is 11.6 Å². The van der Waals surface area contributed by atoms with E-state index in [1.807, 2.05) is 4.90 Å². The molecule has 1 aromatic heterocycles. The first-order valence-electron chi connectivity index (χ1n) is 10.9. The predicted molar refractivity (Wildman–Crippen MR) is 128 cm³/mol. The number of methoxy groups -OCH3 is 1. The highest BCUT2D eigenvalue weighted by atomic mass is 35.5. The first-order valence-corrected chi connectivity index (χ1v) is 12.3. The Morgan fingerprint density at radius 3 is 2.63 bits per heavy atom. The van der Waals surface area contributed by atoms with Crippen molar-refractivity contribution in [2.45, 2.75) is 23.7 Å². The molecule has 35 heavy (non-hydrogen) atoms. The molecule has 0 spiro atoms. The Bertz CT molecular complexity index is 1360. The number of hydrogen-bond acceptors (Lipinski definition) is 6. The standard InChI is InChI=1S/C23H21ClF4N4O2S/c1-34-13-10-32-19-14(21(30-22(32)33)31-6-4-29-5-7-31)9-15(23(26,27)28)18(20(19)35-11-13)12-2-3-17(25)16(24)8-12/h2-3,8-9,13,29H,4-7,10-11H2,1H3. The smallest absolute Gasteiger partial charge is 0.379 e. The van der Waals surface area contributed by atoms with E-state index in [0.717, 1.165) is 12.1 Å². The molecule has 1 fully saturated rings. The summed E-state index contributed by atoms with van der Waals surface area (Å²) in [5.41, 5.74) is -1.11. The van der Waals surface area contributed by atoms with Crippen molar-refractivity contribution in [3.63, 3.8) is 0 Å². The van der Waals surface area contributed by atoms with Gasteiger partial charge in [-0.25, -0.2) is 9.18 Å². The molecule has 2 aliphatic rings. The number of aromatic nitrogens is 2. The first kappa shape index (κ1) is 24.4. The van der Waals surface area contributed by atoms with E-state index in [9.17, 15) is 22.4 Å². The average Bonchev–Trinajstić information content (AvgIpc) is 3.03. The van der Waals surface area contributed by atoms with E-state index in [4.69, 9.17) is 16.3 Å². The SMILES string of the molecule is COC1CSc2c(-c3ccc(F)c(Cl)c3)c(C(F)(F)F)cc3c(N4CCNCC4)nc(=O)n(c23)C1. The van der Waals surface area contributed by atoms with E-state index in [0.29, 0.717) is 37.4 Å². The third kappa shape index (κ3) is 4.39. The Kier molecular flexibility index (Phi) is 6.45. The third-order valence-corrected chi connectivity index (χ3v) is 7.78. The van der Waals surface area contributed by atoms with Gasteiger partial charge < -0.3 is 15.0 Å². The van der Waals surface area contributed by atoms with Crippen LogP contribution in [0.1, 0.15) is 5.56 Å². The number of nitrogens with zero attached hydrogens (tertiary/aromatic N) is 3. The lowest BCUT2D eigenvalue weighted by atomic mass is 9.96. The monoisotopic (exact) mass is 528 g/mol. The van der Waals surface area contributed by atoms with Crippen LogP contribution in [-0.2, 0) is 17.5 Å². The predicted octanol–water partition coefficient (Wildman–Crippen LogP) is 4.41. The van der Waals surface area contributed by atoms with Crippen molar-refractivity contribution in [1.82, 2.24) is 14.9 Å². The maximum absolute atomic E-state index is 14.5. The van der Waals surface area contributed by atoms with Crippen LogP contribution in [0, 0.1) is 5.82 Å². The van der Waals surface area contributed by atoms with Gasteiger partial charge in [0.05, 0.1) is 28.8 Å². The molecule has 0 saturated carbocycles. The summed E-state index contributed by atoms with van der Waals surface area (Å²) >= 11 is 7.14. The minimum absolute atomic E-state index is 0.114. The van der Waals surface area contributed by atoms with Gasteiger partial charge in [0.25, 0.3) is 0 Å². The van der Waals surface area contributed by atoms with Crippen molar-refractivity contribution in [3.8, 4) is 11.1 Å². The molecule has 3 aromatic rings. The van der Waals surface area contributed by atoms with Crippen LogP contribution in [0.4, 0.5) is 23.4 Å². The summed E-state index contributed by atoms with van der Waals surface area (Å²) in [6, 6.07) is 4.55. The van der Waals surface area contributed by atoms with E-state index in [1.165, 1.54) is 35.6 Å². The second-order valence-electron chi connectivity index (χ2n) is 8.39. The van der Waals surface area contributed by atoms with Crippen molar-refractivity contribution in [2.24, 2.45) is 0 Å². The zero-order chi connectivity index (χ0) is 24.9. The number of rotatable bonds is 3. The van der Waals surface area contributed by atoms with Crippen LogP contribution in [-0.4, -0.2) is 54.7 Å². The van der Waals surface area contributed by atoms with E-state index in [1.54, 1.807) is 0 Å². The van der Waals surface area contributed by atoms with Crippen molar-refractivity contribution in [1.29, 1.82) is 0 Å². The Morgan fingerprint density at radius 2 is 1.97 bits per heavy atom. The van der Waals surface area contributed by atoms with Crippen LogP contribution < -0.4 is 15.9 Å². The van der Waals surface area contributed by atoms with Gasteiger partial charge in [0.2, 0.25) is 0 Å². The zero-order valence-electron chi connectivity index (χ0n) is 18.6. The molecule has 0 aliphatic carbocycles. The van der Waals surface area contributed by atoms with Gasteiger partial charge in [-0.05, 0) is 23.8 Å². The van der Waals surface area contributed by atoms with E-state index in [2.05, 4.69) is 10.3 Å². The summed E-state index contributed by atoms with van der Waals surface area (Å²) in [6.07, 6.45) is -5.14. The van der Waals surface area contributed by atoms with Gasteiger partial charge in [0.15, 0.2) is 0 Å². The van der Waals surface area contributed by atoms with Gasteiger partial charge in [0, 0.05) is 54.9 Å². The Balaban J connectivity index is 1.91. The van der Waals surface area contributed by atoms with Gasteiger partial charge >= 0.3 is 11.9 Å². The highest BCUT2D eigenvalue weighted by Gasteiger charge is 2.38. The molecule has 6 nitrogen and oxygen atoms in total. The summed E-state index contributed by atoms with van der Waals surface area (Å²) in [6.45, 7) is 2.41. The minimum Gasteiger partial charge on any atom is -0.379 e.